The molecule has 132 valence electrons. The minimum atomic E-state index is -0.118. The van der Waals surface area contributed by atoms with Crippen LogP contribution in [0.3, 0.4) is 0 Å². The Morgan fingerprint density at radius 2 is 1.76 bits per heavy atom. The van der Waals surface area contributed by atoms with E-state index >= 15 is 0 Å². The van der Waals surface area contributed by atoms with Gasteiger partial charge in [-0.25, -0.2) is 0 Å². The molecule has 3 rings (SSSR count). The highest BCUT2D eigenvalue weighted by molar-refractivity contribution is 6.08. The van der Waals surface area contributed by atoms with Crippen LogP contribution < -0.4 is 10.6 Å². The molecule has 0 aromatic heterocycles. The number of halogens is 1. The molecule has 0 saturated heterocycles. The van der Waals surface area contributed by atoms with Gasteiger partial charge in [0.2, 0.25) is 0 Å². The Labute approximate surface area is 153 Å². The van der Waals surface area contributed by atoms with Crippen molar-refractivity contribution < 1.29 is 9.59 Å². The third-order valence-electron chi connectivity index (χ3n) is 4.29. The summed E-state index contributed by atoms with van der Waals surface area (Å²) in [4.78, 5) is 28.4. The average Bonchev–Trinajstić information content (AvgIpc) is 2.60. The van der Waals surface area contributed by atoms with Gasteiger partial charge in [-0.3, -0.25) is 9.59 Å². The number of nitrogen functional groups attached to an aromatic ring is 1. The molecule has 2 aromatic carbocycles. The molecule has 1 aliphatic rings. The predicted octanol–water partition coefficient (Wildman–Crippen LogP) is 2.99. The molecule has 2 amide bonds. The molecular weight excluding hydrogens is 338 g/mol. The molecule has 6 heteroatoms. The van der Waals surface area contributed by atoms with Crippen LogP contribution in [0.4, 0.5) is 11.4 Å². The molecule has 2 aromatic rings. The first kappa shape index (κ1) is 18.8. The number of hydrogen-bond acceptors (Lipinski definition) is 3. The number of carbonyl (C=O) groups is 2. The summed E-state index contributed by atoms with van der Waals surface area (Å²) in [5.74, 6) is -0.220. The van der Waals surface area contributed by atoms with Crippen LogP contribution in [-0.2, 0) is 6.42 Å². The first-order chi connectivity index (χ1) is 11.5. The van der Waals surface area contributed by atoms with Crippen molar-refractivity contribution in [3.63, 3.8) is 0 Å². The minimum absolute atomic E-state index is 0. The zero-order valence-corrected chi connectivity index (χ0v) is 15.2. The van der Waals surface area contributed by atoms with Crippen molar-refractivity contribution in [1.29, 1.82) is 0 Å². The summed E-state index contributed by atoms with van der Waals surface area (Å²) in [6.45, 7) is 0.654. The largest absolute Gasteiger partial charge is 0.398 e. The van der Waals surface area contributed by atoms with Crippen LogP contribution >= 0.6 is 12.4 Å². The zero-order chi connectivity index (χ0) is 17.3. The number of carbonyl (C=O) groups excluding carboxylic acids is 2. The normalized spacial score (nSPS) is 12.8. The van der Waals surface area contributed by atoms with Gasteiger partial charge in [-0.05, 0) is 48.7 Å². The third-order valence-corrected chi connectivity index (χ3v) is 4.29. The van der Waals surface area contributed by atoms with Gasteiger partial charge >= 0.3 is 0 Å². The number of rotatable bonds is 2. The van der Waals surface area contributed by atoms with Crippen molar-refractivity contribution in [3.8, 4) is 0 Å². The monoisotopic (exact) mass is 359 g/mol. The average molecular weight is 360 g/mol. The number of fused-ring (bicyclic) bond motifs is 1. The zero-order valence-electron chi connectivity index (χ0n) is 14.4. The maximum absolute atomic E-state index is 13.0. The molecular formula is C19H22ClN3O2. The van der Waals surface area contributed by atoms with Crippen LogP contribution in [0, 0.1) is 0 Å². The second-order valence-corrected chi connectivity index (χ2v) is 6.19. The van der Waals surface area contributed by atoms with E-state index in [0.29, 0.717) is 17.7 Å². The van der Waals surface area contributed by atoms with Crippen LogP contribution in [0.15, 0.2) is 42.5 Å². The lowest BCUT2D eigenvalue weighted by Gasteiger charge is -2.30. The van der Waals surface area contributed by atoms with Crippen molar-refractivity contribution in [2.24, 2.45) is 0 Å². The van der Waals surface area contributed by atoms with Gasteiger partial charge in [-0.1, -0.05) is 12.1 Å². The molecule has 5 nitrogen and oxygen atoms in total. The van der Waals surface area contributed by atoms with Crippen LogP contribution in [0.1, 0.15) is 32.7 Å². The first-order valence-electron chi connectivity index (χ1n) is 8.00. The maximum atomic E-state index is 13.0. The highest BCUT2D eigenvalue weighted by atomic mass is 35.5. The van der Waals surface area contributed by atoms with E-state index in [1.807, 2.05) is 18.2 Å². The van der Waals surface area contributed by atoms with E-state index < -0.39 is 0 Å². The Kier molecular flexibility index (Phi) is 5.69. The summed E-state index contributed by atoms with van der Waals surface area (Å²) in [5.41, 5.74) is 9.69. The fraction of sp³-hybridized carbons (Fsp3) is 0.263. The van der Waals surface area contributed by atoms with E-state index in [4.69, 9.17) is 5.73 Å². The van der Waals surface area contributed by atoms with Crippen molar-refractivity contribution in [2.45, 2.75) is 12.8 Å². The molecule has 0 saturated carbocycles. The summed E-state index contributed by atoms with van der Waals surface area (Å²) in [6, 6.07) is 12.5. The lowest BCUT2D eigenvalue weighted by atomic mass is 9.98. The van der Waals surface area contributed by atoms with Gasteiger partial charge in [0, 0.05) is 43.1 Å². The first-order valence-corrected chi connectivity index (χ1v) is 8.00. The second-order valence-electron chi connectivity index (χ2n) is 6.19. The summed E-state index contributed by atoms with van der Waals surface area (Å²) in [7, 11) is 3.39. The molecule has 0 spiro atoms. The summed E-state index contributed by atoms with van der Waals surface area (Å²) in [6.07, 6.45) is 1.76. The Morgan fingerprint density at radius 3 is 2.48 bits per heavy atom. The van der Waals surface area contributed by atoms with E-state index in [2.05, 4.69) is 0 Å². The van der Waals surface area contributed by atoms with E-state index in [9.17, 15) is 9.59 Å². The molecule has 0 radical (unpaired) electrons. The second kappa shape index (κ2) is 7.57. The molecule has 0 unspecified atom stereocenters. The van der Waals surface area contributed by atoms with Crippen molar-refractivity contribution in [3.05, 3.63) is 59.2 Å². The summed E-state index contributed by atoms with van der Waals surface area (Å²) < 4.78 is 0. The van der Waals surface area contributed by atoms with Gasteiger partial charge in [0.15, 0.2) is 0 Å². The molecule has 2 N–H and O–H groups in total. The topological polar surface area (TPSA) is 66.6 Å². The number of nitrogens with zero attached hydrogens (tertiary/aromatic N) is 2. The predicted molar refractivity (Wildman–Crippen MR) is 103 cm³/mol. The molecule has 1 aliphatic heterocycles. The third kappa shape index (κ3) is 3.61. The smallest absolute Gasteiger partial charge is 0.258 e. The number of nitrogens with two attached hydrogens (primary N) is 1. The minimum Gasteiger partial charge on any atom is -0.398 e. The molecule has 1 heterocycles. The fourth-order valence-corrected chi connectivity index (χ4v) is 3.06. The Bertz CT molecular complexity index is 805. The Hall–Kier alpha value is -2.53. The summed E-state index contributed by atoms with van der Waals surface area (Å²) >= 11 is 0. The lowest BCUT2D eigenvalue weighted by Crippen LogP contribution is -2.36. The molecule has 0 bridgehead atoms. The molecule has 25 heavy (non-hydrogen) atoms. The lowest BCUT2D eigenvalue weighted by molar-refractivity contribution is 0.0827. The SMILES string of the molecule is CN(C)C(=O)c1cccc(C(=O)N2CCCc3c(N)cccc32)c1.Cl. The number of hydrogen-bond donors (Lipinski definition) is 1. The van der Waals surface area contributed by atoms with E-state index in [0.717, 1.165) is 29.8 Å². The molecule has 0 atom stereocenters. The maximum Gasteiger partial charge on any atom is 0.258 e. The van der Waals surface area contributed by atoms with E-state index in [1.54, 1.807) is 43.3 Å². The fourth-order valence-electron chi connectivity index (χ4n) is 3.06. The number of anilines is 2. The van der Waals surface area contributed by atoms with Gasteiger partial charge in [0.25, 0.3) is 11.8 Å². The van der Waals surface area contributed by atoms with Crippen LogP contribution in [-0.4, -0.2) is 37.4 Å². The Morgan fingerprint density at radius 1 is 1.08 bits per heavy atom. The van der Waals surface area contributed by atoms with Crippen LogP contribution in [0.2, 0.25) is 0 Å². The van der Waals surface area contributed by atoms with E-state index in [1.165, 1.54) is 4.90 Å². The quantitative estimate of drug-likeness (QED) is 0.838. The number of benzene rings is 2. The van der Waals surface area contributed by atoms with Crippen LogP contribution in [0.5, 0.6) is 0 Å². The van der Waals surface area contributed by atoms with Crippen molar-refractivity contribution >= 4 is 35.6 Å². The van der Waals surface area contributed by atoms with Crippen LogP contribution in [0.25, 0.3) is 0 Å². The van der Waals surface area contributed by atoms with Gasteiger partial charge in [0.05, 0.1) is 0 Å². The van der Waals surface area contributed by atoms with E-state index in [-0.39, 0.29) is 24.2 Å². The van der Waals surface area contributed by atoms with Gasteiger partial charge in [-0.2, -0.15) is 0 Å². The van der Waals surface area contributed by atoms with Crippen molar-refractivity contribution in [2.75, 3.05) is 31.3 Å². The standard InChI is InChI=1S/C19H21N3O2.ClH/c1-21(2)18(23)13-6-3-7-14(12-13)19(24)22-11-5-8-15-16(20)9-4-10-17(15)22;/h3-4,6-7,9-10,12H,5,8,11,20H2,1-2H3;1H. The van der Waals surface area contributed by atoms with Crippen molar-refractivity contribution in [1.82, 2.24) is 4.90 Å². The highest BCUT2D eigenvalue weighted by Gasteiger charge is 2.25. The van der Waals surface area contributed by atoms with Gasteiger partial charge < -0.3 is 15.5 Å². The highest BCUT2D eigenvalue weighted by Crippen LogP contribution is 2.32. The number of amides is 2. The van der Waals surface area contributed by atoms with Gasteiger partial charge in [0.1, 0.15) is 0 Å². The Balaban J connectivity index is 0.00000225. The molecule has 0 aliphatic carbocycles. The van der Waals surface area contributed by atoms with Gasteiger partial charge in [-0.15, -0.1) is 12.4 Å². The summed E-state index contributed by atoms with van der Waals surface area (Å²) in [5, 5.41) is 0. The molecule has 0 fully saturated rings.